The Bertz CT molecular complexity index is 761. The number of hydrogen-bond donors (Lipinski definition) is 3. The number of hydrogen-bond acceptors (Lipinski definition) is 7. The lowest BCUT2D eigenvalue weighted by molar-refractivity contribution is -0.149. The van der Waals surface area contributed by atoms with Crippen molar-refractivity contribution in [2.45, 2.75) is 19.1 Å². The molecule has 1 aliphatic heterocycles. The molecule has 1 atom stereocenters. The molecule has 0 aromatic carbocycles. The number of rotatable bonds is 5. The molecule has 1 aromatic rings. The monoisotopic (exact) mass is 323 g/mol. The van der Waals surface area contributed by atoms with Gasteiger partial charge in [-0.05, 0) is 0 Å². The lowest BCUT2D eigenvalue weighted by Gasteiger charge is -2.06. The van der Waals surface area contributed by atoms with Gasteiger partial charge in [0.15, 0.2) is 6.10 Å². The van der Waals surface area contributed by atoms with Crippen molar-refractivity contribution in [1.29, 1.82) is 0 Å². The average Bonchev–Trinajstić information content (AvgIpc) is 2.89. The standard InChI is InChI=1S/C13H13N3O7/c17-9(22-6-7-5-15-13(21)16-11(7)19)1-2-10(18)23-8-3-4-14-12(8)20/h1-2,5,8H,3-4,6H2,(H,14,20)(H2,15,16,19,21)/b2-1+. The van der Waals surface area contributed by atoms with E-state index in [0.29, 0.717) is 13.0 Å². The zero-order valence-corrected chi connectivity index (χ0v) is 11.8. The van der Waals surface area contributed by atoms with E-state index in [1.807, 2.05) is 4.98 Å². The van der Waals surface area contributed by atoms with Crippen molar-refractivity contribution in [2.24, 2.45) is 0 Å². The molecular weight excluding hydrogens is 310 g/mol. The number of amides is 1. The molecule has 1 amide bonds. The van der Waals surface area contributed by atoms with Crippen LogP contribution in [0.4, 0.5) is 0 Å². The second-order valence-electron chi connectivity index (χ2n) is 4.54. The van der Waals surface area contributed by atoms with Gasteiger partial charge in [-0.25, -0.2) is 14.4 Å². The van der Waals surface area contributed by atoms with Gasteiger partial charge in [0.2, 0.25) is 0 Å². The molecule has 1 aromatic heterocycles. The summed E-state index contributed by atoms with van der Waals surface area (Å²) in [4.78, 5) is 60.4. The topological polar surface area (TPSA) is 147 Å². The molecule has 1 unspecified atom stereocenters. The fourth-order valence-electron chi connectivity index (χ4n) is 1.74. The van der Waals surface area contributed by atoms with Gasteiger partial charge in [-0.2, -0.15) is 0 Å². The van der Waals surface area contributed by atoms with Crippen molar-refractivity contribution in [3.05, 3.63) is 44.8 Å². The summed E-state index contributed by atoms with van der Waals surface area (Å²) in [6, 6.07) is 0. The van der Waals surface area contributed by atoms with Crippen LogP contribution in [-0.4, -0.2) is 40.5 Å². The minimum atomic E-state index is -0.886. The van der Waals surface area contributed by atoms with Gasteiger partial charge in [0.1, 0.15) is 6.61 Å². The van der Waals surface area contributed by atoms with Crippen LogP contribution in [0.3, 0.4) is 0 Å². The van der Waals surface area contributed by atoms with E-state index in [-0.39, 0.29) is 18.1 Å². The van der Waals surface area contributed by atoms with E-state index >= 15 is 0 Å². The second-order valence-corrected chi connectivity index (χ2v) is 4.54. The molecule has 2 heterocycles. The maximum Gasteiger partial charge on any atom is 0.331 e. The Morgan fingerprint density at radius 2 is 1.96 bits per heavy atom. The summed E-state index contributed by atoms with van der Waals surface area (Å²) in [6.07, 6.45) is 2.27. The van der Waals surface area contributed by atoms with Crippen LogP contribution in [0.25, 0.3) is 0 Å². The van der Waals surface area contributed by atoms with E-state index in [1.54, 1.807) is 0 Å². The first-order chi connectivity index (χ1) is 11.0. The van der Waals surface area contributed by atoms with Crippen molar-refractivity contribution >= 4 is 17.8 Å². The summed E-state index contributed by atoms with van der Waals surface area (Å²) in [5.74, 6) is -2.12. The Hall–Kier alpha value is -3.17. The zero-order chi connectivity index (χ0) is 16.8. The first-order valence-electron chi connectivity index (χ1n) is 6.60. The van der Waals surface area contributed by atoms with Gasteiger partial charge >= 0.3 is 17.6 Å². The van der Waals surface area contributed by atoms with Gasteiger partial charge in [-0.1, -0.05) is 0 Å². The van der Waals surface area contributed by atoms with Crippen LogP contribution in [-0.2, 0) is 30.5 Å². The zero-order valence-electron chi connectivity index (χ0n) is 11.8. The molecule has 1 saturated heterocycles. The Morgan fingerprint density at radius 1 is 1.22 bits per heavy atom. The van der Waals surface area contributed by atoms with Crippen LogP contribution >= 0.6 is 0 Å². The predicted molar refractivity (Wildman–Crippen MR) is 74.1 cm³/mol. The highest BCUT2D eigenvalue weighted by atomic mass is 16.5. The molecule has 10 nitrogen and oxygen atoms in total. The highest BCUT2D eigenvalue weighted by Crippen LogP contribution is 2.05. The minimum absolute atomic E-state index is 0.0385. The molecule has 0 spiro atoms. The molecule has 0 saturated carbocycles. The smallest absolute Gasteiger partial charge is 0.331 e. The van der Waals surface area contributed by atoms with E-state index in [0.717, 1.165) is 18.3 Å². The van der Waals surface area contributed by atoms with Crippen LogP contribution in [0.15, 0.2) is 27.9 Å². The summed E-state index contributed by atoms with van der Waals surface area (Å²) in [5.41, 5.74) is -1.32. The molecule has 0 radical (unpaired) electrons. The first kappa shape index (κ1) is 16.2. The van der Waals surface area contributed by atoms with Crippen molar-refractivity contribution in [3.8, 4) is 0 Å². The summed E-state index contributed by atoms with van der Waals surface area (Å²) >= 11 is 0. The normalized spacial score (nSPS) is 17.0. The van der Waals surface area contributed by atoms with Crippen molar-refractivity contribution in [2.75, 3.05) is 6.54 Å². The third kappa shape index (κ3) is 4.66. The Balaban J connectivity index is 1.81. The Kier molecular flexibility index (Phi) is 5.07. The van der Waals surface area contributed by atoms with Gasteiger partial charge in [0.25, 0.3) is 11.5 Å². The molecule has 122 valence electrons. The Labute approximate surface area is 128 Å². The molecule has 1 aliphatic rings. The molecule has 10 heteroatoms. The summed E-state index contributed by atoms with van der Waals surface area (Å²) in [6.45, 7) is 0.0472. The minimum Gasteiger partial charge on any atom is -0.457 e. The third-order valence-corrected chi connectivity index (χ3v) is 2.88. The molecule has 0 aliphatic carbocycles. The fraction of sp³-hybridized carbons (Fsp3) is 0.308. The van der Waals surface area contributed by atoms with E-state index in [9.17, 15) is 24.0 Å². The molecule has 0 bridgehead atoms. The molecule has 2 rings (SSSR count). The number of esters is 2. The predicted octanol–water partition coefficient (Wildman–Crippen LogP) is -1.91. The number of aromatic amines is 2. The van der Waals surface area contributed by atoms with Gasteiger partial charge < -0.3 is 19.8 Å². The van der Waals surface area contributed by atoms with E-state index in [1.165, 1.54) is 0 Å². The number of carbonyl (C=O) groups excluding carboxylic acids is 3. The van der Waals surface area contributed by atoms with E-state index in [2.05, 4.69) is 10.3 Å². The van der Waals surface area contributed by atoms with Crippen LogP contribution in [0.2, 0.25) is 0 Å². The second kappa shape index (κ2) is 7.20. The van der Waals surface area contributed by atoms with Gasteiger partial charge in [0.05, 0.1) is 5.56 Å². The molecule has 1 fully saturated rings. The summed E-state index contributed by atoms with van der Waals surface area (Å²) in [5, 5.41) is 2.50. The van der Waals surface area contributed by atoms with Crippen LogP contribution in [0.5, 0.6) is 0 Å². The van der Waals surface area contributed by atoms with Gasteiger partial charge in [0, 0.05) is 31.3 Å². The fourth-order valence-corrected chi connectivity index (χ4v) is 1.74. The molecular formula is C13H13N3O7. The third-order valence-electron chi connectivity index (χ3n) is 2.88. The summed E-state index contributed by atoms with van der Waals surface area (Å²) in [7, 11) is 0. The SMILES string of the molecule is O=C(/C=C/C(=O)OC1CCNC1=O)OCc1c[nH]c(=O)[nH]c1=O. The van der Waals surface area contributed by atoms with Crippen LogP contribution < -0.4 is 16.6 Å². The molecule has 23 heavy (non-hydrogen) atoms. The van der Waals surface area contributed by atoms with Crippen LogP contribution in [0, 0.1) is 0 Å². The van der Waals surface area contributed by atoms with Gasteiger partial charge in [-0.3, -0.25) is 14.6 Å². The number of carbonyl (C=O) groups is 3. The maximum atomic E-state index is 11.4. The highest BCUT2D eigenvalue weighted by Gasteiger charge is 2.26. The number of ether oxygens (including phenoxy) is 2. The average molecular weight is 323 g/mol. The highest BCUT2D eigenvalue weighted by molar-refractivity contribution is 5.93. The number of aromatic nitrogens is 2. The lowest BCUT2D eigenvalue weighted by atomic mass is 10.3. The number of H-pyrrole nitrogens is 2. The lowest BCUT2D eigenvalue weighted by Crippen LogP contribution is -2.27. The molecule has 3 N–H and O–H groups in total. The van der Waals surface area contributed by atoms with Crippen molar-refractivity contribution in [3.63, 3.8) is 0 Å². The summed E-state index contributed by atoms with van der Waals surface area (Å²) < 4.78 is 9.56. The van der Waals surface area contributed by atoms with E-state index < -0.39 is 29.3 Å². The quantitative estimate of drug-likeness (QED) is 0.423. The Morgan fingerprint density at radius 3 is 2.61 bits per heavy atom. The maximum absolute atomic E-state index is 11.4. The van der Waals surface area contributed by atoms with Crippen molar-refractivity contribution in [1.82, 2.24) is 15.3 Å². The first-order valence-corrected chi connectivity index (χ1v) is 6.60. The number of nitrogens with one attached hydrogen (secondary N) is 3. The van der Waals surface area contributed by atoms with Crippen molar-refractivity contribution < 1.29 is 23.9 Å². The van der Waals surface area contributed by atoms with Crippen LogP contribution in [0.1, 0.15) is 12.0 Å². The largest absolute Gasteiger partial charge is 0.457 e. The van der Waals surface area contributed by atoms with Gasteiger partial charge in [-0.15, -0.1) is 0 Å². The van der Waals surface area contributed by atoms with E-state index in [4.69, 9.17) is 9.47 Å².